The minimum Gasteiger partial charge on any atom is -0.455 e. The van der Waals surface area contributed by atoms with Gasteiger partial charge in [-0.1, -0.05) is 30.3 Å². The van der Waals surface area contributed by atoms with Crippen LogP contribution in [0.15, 0.2) is 52.9 Å². The lowest BCUT2D eigenvalue weighted by molar-refractivity contribution is 0.672. The maximum atomic E-state index is 6.01. The first-order valence-electron chi connectivity index (χ1n) is 6.01. The molecule has 0 radical (unpaired) electrons. The molecule has 2 heteroatoms. The highest BCUT2D eigenvalue weighted by atomic mass is 16.3. The number of fused-ring (bicyclic) bond motifs is 5. The van der Waals surface area contributed by atoms with Crippen LogP contribution in [-0.2, 0) is 0 Å². The molecule has 0 N–H and O–H groups in total. The van der Waals surface area contributed by atoms with E-state index in [0.717, 1.165) is 38.5 Å². The second-order valence-corrected chi connectivity index (χ2v) is 4.52. The van der Waals surface area contributed by atoms with Crippen LogP contribution in [0, 0.1) is 6.92 Å². The fraction of sp³-hybridized carbons (Fsp3) is 0.0625. The van der Waals surface area contributed by atoms with Gasteiger partial charge in [0, 0.05) is 16.5 Å². The summed E-state index contributed by atoms with van der Waals surface area (Å²) in [6.07, 6.45) is 0. The fourth-order valence-corrected chi connectivity index (χ4v) is 2.59. The Hall–Kier alpha value is -2.35. The van der Waals surface area contributed by atoms with E-state index in [0.29, 0.717) is 0 Å². The first-order valence-corrected chi connectivity index (χ1v) is 6.01. The highest BCUT2D eigenvalue weighted by Gasteiger charge is 2.12. The summed E-state index contributed by atoms with van der Waals surface area (Å²) < 4.78 is 6.01. The molecule has 0 saturated heterocycles. The average molecular weight is 233 g/mol. The molecule has 0 amide bonds. The van der Waals surface area contributed by atoms with Gasteiger partial charge >= 0.3 is 0 Å². The van der Waals surface area contributed by atoms with E-state index in [9.17, 15) is 0 Å². The number of nitrogens with zero attached hydrogens (tertiary/aromatic N) is 1. The van der Waals surface area contributed by atoms with Gasteiger partial charge in [0.2, 0.25) is 0 Å². The van der Waals surface area contributed by atoms with Crippen LogP contribution in [0.2, 0.25) is 0 Å². The number of benzene rings is 2. The van der Waals surface area contributed by atoms with E-state index in [2.05, 4.69) is 17.1 Å². The lowest BCUT2D eigenvalue weighted by atomic mass is 10.1. The van der Waals surface area contributed by atoms with Gasteiger partial charge in [-0.05, 0) is 25.1 Å². The summed E-state index contributed by atoms with van der Waals surface area (Å²) in [6, 6.07) is 16.2. The van der Waals surface area contributed by atoms with Gasteiger partial charge < -0.3 is 4.42 Å². The number of furan rings is 1. The summed E-state index contributed by atoms with van der Waals surface area (Å²) in [7, 11) is 0. The zero-order valence-corrected chi connectivity index (χ0v) is 9.97. The van der Waals surface area contributed by atoms with Crippen LogP contribution in [0.4, 0.5) is 0 Å². The predicted molar refractivity (Wildman–Crippen MR) is 73.8 cm³/mol. The van der Waals surface area contributed by atoms with E-state index in [1.807, 2.05) is 43.3 Å². The molecule has 0 saturated carbocycles. The van der Waals surface area contributed by atoms with E-state index in [1.54, 1.807) is 0 Å². The van der Waals surface area contributed by atoms with Crippen LogP contribution in [0.3, 0.4) is 0 Å². The maximum absolute atomic E-state index is 6.01. The van der Waals surface area contributed by atoms with Crippen LogP contribution in [0.5, 0.6) is 0 Å². The van der Waals surface area contributed by atoms with E-state index in [1.165, 1.54) is 0 Å². The number of pyridine rings is 1. The molecule has 2 aromatic carbocycles. The van der Waals surface area contributed by atoms with Crippen LogP contribution in [0.1, 0.15) is 5.69 Å². The molecule has 0 aliphatic heterocycles. The van der Waals surface area contributed by atoms with Gasteiger partial charge in [-0.25, -0.2) is 0 Å². The number of aryl methyl sites for hydroxylation is 1. The Morgan fingerprint density at radius 3 is 2.50 bits per heavy atom. The largest absolute Gasteiger partial charge is 0.455 e. The number of para-hydroxylation sites is 2. The molecule has 2 aromatic heterocycles. The van der Waals surface area contributed by atoms with Crippen LogP contribution in [-0.4, -0.2) is 4.98 Å². The summed E-state index contributed by atoms with van der Waals surface area (Å²) in [5, 5.41) is 3.35. The van der Waals surface area contributed by atoms with Crippen molar-refractivity contribution in [2.75, 3.05) is 0 Å². The zero-order chi connectivity index (χ0) is 12.1. The number of rotatable bonds is 0. The smallest absolute Gasteiger partial charge is 0.146 e. The lowest BCUT2D eigenvalue weighted by Crippen LogP contribution is -1.84. The first kappa shape index (κ1) is 9.66. The van der Waals surface area contributed by atoms with E-state index < -0.39 is 0 Å². The van der Waals surface area contributed by atoms with Gasteiger partial charge in [0.1, 0.15) is 11.2 Å². The topological polar surface area (TPSA) is 26.0 Å². The van der Waals surface area contributed by atoms with Crippen molar-refractivity contribution in [1.82, 2.24) is 4.98 Å². The molecule has 4 aromatic rings. The minimum atomic E-state index is 0.925. The van der Waals surface area contributed by atoms with Gasteiger partial charge in [-0.15, -0.1) is 0 Å². The van der Waals surface area contributed by atoms with Crippen molar-refractivity contribution in [3.63, 3.8) is 0 Å². The Bertz CT molecular complexity index is 889. The fourth-order valence-electron chi connectivity index (χ4n) is 2.59. The molecular weight excluding hydrogens is 222 g/mol. The molecule has 2 heterocycles. The third-order valence-corrected chi connectivity index (χ3v) is 3.39. The minimum absolute atomic E-state index is 0.925. The quantitative estimate of drug-likeness (QED) is 0.448. The molecule has 0 fully saturated rings. The Morgan fingerprint density at radius 2 is 1.61 bits per heavy atom. The Morgan fingerprint density at radius 1 is 0.889 bits per heavy atom. The van der Waals surface area contributed by atoms with Crippen molar-refractivity contribution in [1.29, 1.82) is 0 Å². The molecule has 0 aliphatic rings. The summed E-state index contributed by atoms with van der Waals surface area (Å²) in [6.45, 7) is 2.04. The second-order valence-electron chi connectivity index (χ2n) is 4.52. The lowest BCUT2D eigenvalue weighted by Gasteiger charge is -2.00. The number of hydrogen-bond acceptors (Lipinski definition) is 2. The number of hydrogen-bond donors (Lipinski definition) is 0. The van der Waals surface area contributed by atoms with Crippen LogP contribution in [0.25, 0.3) is 32.8 Å². The Balaban J connectivity index is 2.38. The van der Waals surface area contributed by atoms with Gasteiger partial charge in [0.05, 0.1) is 10.9 Å². The van der Waals surface area contributed by atoms with E-state index >= 15 is 0 Å². The predicted octanol–water partition coefficient (Wildman–Crippen LogP) is 4.44. The van der Waals surface area contributed by atoms with E-state index in [-0.39, 0.29) is 0 Å². The van der Waals surface area contributed by atoms with Crippen molar-refractivity contribution in [2.24, 2.45) is 0 Å². The summed E-state index contributed by atoms with van der Waals surface area (Å²) in [5.74, 6) is 0. The summed E-state index contributed by atoms with van der Waals surface area (Å²) in [5.41, 5.74) is 3.88. The Labute approximate surface area is 104 Å². The molecular formula is C16H11NO. The van der Waals surface area contributed by atoms with Crippen LogP contribution >= 0.6 is 0 Å². The maximum Gasteiger partial charge on any atom is 0.146 e. The number of aromatic nitrogens is 1. The Kier molecular flexibility index (Phi) is 1.78. The highest BCUT2D eigenvalue weighted by Crippen LogP contribution is 2.34. The third-order valence-electron chi connectivity index (χ3n) is 3.39. The second kappa shape index (κ2) is 3.33. The molecule has 0 unspecified atom stereocenters. The molecule has 2 nitrogen and oxygen atoms in total. The van der Waals surface area contributed by atoms with Crippen molar-refractivity contribution < 1.29 is 4.42 Å². The van der Waals surface area contributed by atoms with Crippen molar-refractivity contribution in [2.45, 2.75) is 6.92 Å². The normalized spacial score (nSPS) is 11.6. The molecule has 86 valence electrons. The van der Waals surface area contributed by atoms with Gasteiger partial charge in [0.15, 0.2) is 0 Å². The zero-order valence-electron chi connectivity index (χ0n) is 9.97. The molecule has 0 spiro atoms. The molecule has 0 bridgehead atoms. The van der Waals surface area contributed by atoms with Gasteiger partial charge in [0.25, 0.3) is 0 Å². The van der Waals surface area contributed by atoms with Crippen molar-refractivity contribution >= 4 is 32.8 Å². The highest BCUT2D eigenvalue weighted by molar-refractivity contribution is 6.14. The van der Waals surface area contributed by atoms with Crippen molar-refractivity contribution in [3.8, 4) is 0 Å². The molecule has 18 heavy (non-hydrogen) atoms. The molecule has 0 aliphatic carbocycles. The summed E-state index contributed by atoms with van der Waals surface area (Å²) in [4.78, 5) is 4.67. The standard InChI is InChI=1S/C16H11NO/c1-10-15-12-7-3-5-9-14(12)18-16(15)11-6-2-4-8-13(11)17-10/h2-9H,1H3. The average Bonchev–Trinajstić information content (AvgIpc) is 2.79. The first-order chi connectivity index (χ1) is 8.84. The SMILES string of the molecule is Cc1nc2ccccc2c2oc3ccccc3c12. The molecule has 0 atom stereocenters. The van der Waals surface area contributed by atoms with Gasteiger partial charge in [-0.3, -0.25) is 4.98 Å². The van der Waals surface area contributed by atoms with Crippen LogP contribution < -0.4 is 0 Å². The molecule has 4 rings (SSSR count). The third kappa shape index (κ3) is 1.15. The van der Waals surface area contributed by atoms with E-state index in [4.69, 9.17) is 4.42 Å². The summed E-state index contributed by atoms with van der Waals surface area (Å²) >= 11 is 0. The van der Waals surface area contributed by atoms with Gasteiger partial charge in [-0.2, -0.15) is 0 Å². The monoisotopic (exact) mass is 233 g/mol. The van der Waals surface area contributed by atoms with Crippen molar-refractivity contribution in [3.05, 3.63) is 54.2 Å².